The van der Waals surface area contributed by atoms with E-state index in [1.165, 1.54) is 49.6 Å². The number of hydrogen-bond donors (Lipinski definition) is 1. The highest BCUT2D eigenvalue weighted by atomic mass is 32.2. The van der Waals surface area contributed by atoms with Gasteiger partial charge in [0.15, 0.2) is 14.9 Å². The number of para-hydroxylation sites is 1. The fraction of sp³-hybridized carbons (Fsp3) is 0.435. The van der Waals surface area contributed by atoms with Crippen LogP contribution in [-0.2, 0) is 9.84 Å². The van der Waals surface area contributed by atoms with E-state index in [0.29, 0.717) is 6.42 Å². The Kier molecular flexibility index (Phi) is 9.64. The number of nitro groups is 1. The van der Waals surface area contributed by atoms with Crippen LogP contribution in [0.2, 0.25) is 0 Å². The molecule has 0 aromatic heterocycles. The Morgan fingerprint density at radius 3 is 2.16 bits per heavy atom. The fourth-order valence-corrected chi connectivity index (χ4v) is 4.79. The molecule has 1 amide bonds. The number of aromatic hydroxyl groups is 1. The van der Waals surface area contributed by atoms with Gasteiger partial charge in [0.1, 0.15) is 11.4 Å². The summed E-state index contributed by atoms with van der Waals surface area (Å²) in [7, 11) is -3.70. The molecule has 8 nitrogen and oxygen atoms in total. The number of amides is 1. The summed E-state index contributed by atoms with van der Waals surface area (Å²) < 4.78 is 25.5. The van der Waals surface area contributed by atoms with Gasteiger partial charge in [0.2, 0.25) is 0 Å². The van der Waals surface area contributed by atoms with Crippen molar-refractivity contribution in [2.75, 3.05) is 10.8 Å². The first-order chi connectivity index (χ1) is 15.3. The van der Waals surface area contributed by atoms with E-state index in [1.807, 2.05) is 0 Å². The minimum absolute atomic E-state index is 0.00547. The predicted molar refractivity (Wildman–Crippen MR) is 123 cm³/mol. The molecule has 1 N–H and O–H groups in total. The van der Waals surface area contributed by atoms with Crippen molar-refractivity contribution in [3.63, 3.8) is 0 Å². The van der Waals surface area contributed by atoms with Crippen LogP contribution in [0, 0.1) is 10.1 Å². The van der Waals surface area contributed by atoms with E-state index < -0.39 is 32.1 Å². The van der Waals surface area contributed by atoms with Crippen LogP contribution < -0.4 is 5.01 Å². The molecule has 0 fully saturated rings. The van der Waals surface area contributed by atoms with Gasteiger partial charge in [-0.15, -0.1) is 0 Å². The molecule has 0 aliphatic rings. The number of anilines is 1. The average Bonchev–Trinajstić information content (AvgIpc) is 2.76. The number of sulfone groups is 1. The molecule has 2 aromatic rings. The van der Waals surface area contributed by atoms with Crippen LogP contribution in [0.5, 0.6) is 5.75 Å². The van der Waals surface area contributed by atoms with Crippen LogP contribution >= 0.6 is 0 Å². The maximum Gasteiger partial charge on any atom is 0.323 e. The highest BCUT2D eigenvalue weighted by molar-refractivity contribution is 7.91. The summed E-state index contributed by atoms with van der Waals surface area (Å²) in [6.07, 6.45) is 8.07. The summed E-state index contributed by atoms with van der Waals surface area (Å²) in [4.78, 5) is 24.2. The quantitative estimate of drug-likeness (QED) is 0.250. The van der Waals surface area contributed by atoms with Gasteiger partial charge in [-0.3, -0.25) is 4.79 Å². The Balaban J connectivity index is 2.10. The minimum atomic E-state index is -3.70. The van der Waals surface area contributed by atoms with Gasteiger partial charge >= 0.3 is 5.91 Å². The van der Waals surface area contributed by atoms with Crippen molar-refractivity contribution in [2.45, 2.75) is 63.2 Å². The van der Waals surface area contributed by atoms with Gasteiger partial charge in [-0.25, -0.2) is 18.5 Å². The first kappa shape index (κ1) is 25.3. The van der Waals surface area contributed by atoms with E-state index in [-0.39, 0.29) is 21.3 Å². The van der Waals surface area contributed by atoms with Crippen LogP contribution in [0.4, 0.5) is 5.69 Å². The molecule has 0 aliphatic heterocycles. The van der Waals surface area contributed by atoms with Crippen molar-refractivity contribution in [1.29, 1.82) is 0 Å². The fourth-order valence-electron chi connectivity index (χ4n) is 3.39. The van der Waals surface area contributed by atoms with Crippen molar-refractivity contribution >= 4 is 21.4 Å². The SMILES string of the molecule is CCCCCCCCCCS(=O)(=O)c1ccc(O)c(C(=O)N(c2ccccc2)[N+](=O)[O-])c1. The van der Waals surface area contributed by atoms with Crippen molar-refractivity contribution < 1.29 is 23.4 Å². The van der Waals surface area contributed by atoms with E-state index >= 15 is 0 Å². The van der Waals surface area contributed by atoms with Crippen LogP contribution in [0.1, 0.15) is 68.6 Å². The molecule has 2 aromatic carbocycles. The van der Waals surface area contributed by atoms with Crippen molar-refractivity contribution in [1.82, 2.24) is 0 Å². The molecule has 0 aliphatic carbocycles. The molecule has 0 atom stereocenters. The van der Waals surface area contributed by atoms with Crippen molar-refractivity contribution in [3.8, 4) is 5.75 Å². The summed E-state index contributed by atoms with van der Waals surface area (Å²) >= 11 is 0. The first-order valence-corrected chi connectivity index (χ1v) is 12.5. The number of phenolic OH excluding ortho intramolecular Hbond substituents is 1. The maximum absolute atomic E-state index is 12.8. The second-order valence-electron chi connectivity index (χ2n) is 7.66. The standard InChI is InChI=1S/C23H30N2O6S/c1-2-3-4-5-6-7-8-12-17-32(30,31)20-15-16-22(26)21(18-20)23(27)24(25(28)29)19-13-10-9-11-14-19/h9-11,13-16,18,26H,2-8,12,17H2,1H3. The summed E-state index contributed by atoms with van der Waals surface area (Å²) in [6.45, 7) is 2.16. The minimum Gasteiger partial charge on any atom is -0.507 e. The molecule has 0 radical (unpaired) electrons. The summed E-state index contributed by atoms with van der Waals surface area (Å²) in [5, 5.41) is 21.0. The van der Waals surface area contributed by atoms with Crippen LogP contribution in [0.25, 0.3) is 0 Å². The van der Waals surface area contributed by atoms with Gasteiger partial charge in [0, 0.05) is 0 Å². The monoisotopic (exact) mass is 462 g/mol. The van der Waals surface area contributed by atoms with E-state index in [1.54, 1.807) is 6.07 Å². The number of unbranched alkanes of at least 4 members (excludes halogenated alkanes) is 7. The zero-order valence-electron chi connectivity index (χ0n) is 18.3. The number of hydrazine groups is 1. The number of carbonyl (C=O) groups excluding carboxylic acids is 1. The van der Waals surface area contributed by atoms with Crippen LogP contribution in [0.3, 0.4) is 0 Å². The molecular formula is C23H30N2O6S. The Labute approximate surface area is 188 Å². The number of nitrogens with zero attached hydrogens (tertiary/aromatic N) is 2. The maximum atomic E-state index is 12.8. The lowest BCUT2D eigenvalue weighted by Crippen LogP contribution is -2.36. The molecule has 9 heteroatoms. The topological polar surface area (TPSA) is 118 Å². The predicted octanol–water partition coefficient (Wildman–Crippen LogP) is 5.15. The zero-order chi connectivity index (χ0) is 23.6. The molecule has 0 unspecified atom stereocenters. The zero-order valence-corrected chi connectivity index (χ0v) is 19.1. The normalized spacial score (nSPS) is 11.3. The molecule has 0 saturated carbocycles. The third kappa shape index (κ3) is 7.05. The molecule has 0 saturated heterocycles. The smallest absolute Gasteiger partial charge is 0.323 e. The van der Waals surface area contributed by atoms with Crippen LogP contribution in [0.15, 0.2) is 53.4 Å². The lowest BCUT2D eigenvalue weighted by molar-refractivity contribution is -0.481. The first-order valence-electron chi connectivity index (χ1n) is 10.9. The highest BCUT2D eigenvalue weighted by Gasteiger charge is 2.31. The van der Waals surface area contributed by atoms with E-state index in [9.17, 15) is 28.4 Å². The summed E-state index contributed by atoms with van der Waals surface area (Å²) in [6, 6.07) is 10.8. The third-order valence-corrected chi connectivity index (χ3v) is 6.98. The van der Waals surface area contributed by atoms with Crippen molar-refractivity contribution in [3.05, 3.63) is 64.2 Å². The average molecular weight is 463 g/mol. The van der Waals surface area contributed by atoms with Gasteiger partial charge in [-0.2, -0.15) is 0 Å². The van der Waals surface area contributed by atoms with Gasteiger partial charge < -0.3 is 5.11 Å². The Morgan fingerprint density at radius 2 is 1.56 bits per heavy atom. The number of carbonyl (C=O) groups is 1. The molecule has 32 heavy (non-hydrogen) atoms. The molecular weight excluding hydrogens is 432 g/mol. The number of hydrogen-bond acceptors (Lipinski definition) is 6. The molecule has 174 valence electrons. The Bertz CT molecular complexity index is 1010. The number of phenols is 1. The largest absolute Gasteiger partial charge is 0.507 e. The van der Waals surface area contributed by atoms with Gasteiger partial charge in [0.05, 0.1) is 16.2 Å². The van der Waals surface area contributed by atoms with Gasteiger partial charge in [0.25, 0.3) is 0 Å². The van der Waals surface area contributed by atoms with Crippen molar-refractivity contribution in [2.24, 2.45) is 0 Å². The van der Waals surface area contributed by atoms with Gasteiger partial charge in [-0.1, -0.05) is 70.1 Å². The molecule has 2 rings (SSSR count). The van der Waals surface area contributed by atoms with E-state index in [0.717, 1.165) is 37.8 Å². The third-order valence-electron chi connectivity index (χ3n) is 5.18. The lowest BCUT2D eigenvalue weighted by atomic mass is 10.1. The Hall–Kier alpha value is -2.94. The Morgan fingerprint density at radius 1 is 0.969 bits per heavy atom. The summed E-state index contributed by atoms with van der Waals surface area (Å²) in [5.41, 5.74) is -0.448. The lowest BCUT2D eigenvalue weighted by Gasteiger charge is -2.14. The summed E-state index contributed by atoms with van der Waals surface area (Å²) in [5.74, 6) is -1.73. The highest BCUT2D eigenvalue weighted by Crippen LogP contribution is 2.26. The second kappa shape index (κ2) is 12.2. The molecule has 0 heterocycles. The number of benzene rings is 2. The van der Waals surface area contributed by atoms with Crippen LogP contribution in [-0.4, -0.2) is 30.2 Å². The molecule has 0 spiro atoms. The number of rotatable bonds is 13. The van der Waals surface area contributed by atoms with E-state index in [2.05, 4.69) is 6.92 Å². The second-order valence-corrected chi connectivity index (χ2v) is 9.77. The van der Waals surface area contributed by atoms with Gasteiger partial charge in [-0.05, 0) is 41.8 Å². The molecule has 0 bridgehead atoms. The van der Waals surface area contributed by atoms with E-state index in [4.69, 9.17) is 0 Å².